The first-order chi connectivity index (χ1) is 35.5. The number of nitrogens with zero attached hydrogens (tertiary/aromatic N) is 7. The van der Waals surface area contributed by atoms with Gasteiger partial charge in [-0.3, -0.25) is 28.9 Å². The number of hydrogen-bond acceptors (Lipinski definition) is 14. The molecule has 19 nitrogen and oxygen atoms in total. The second kappa shape index (κ2) is 24.1. The molecule has 0 radical (unpaired) electrons. The number of fused-ring (bicyclic) bond motifs is 1. The van der Waals surface area contributed by atoms with Crippen LogP contribution >= 0.6 is 22.9 Å². The third-order valence-electron chi connectivity index (χ3n) is 14.4. The number of carbonyl (C=O) groups is 5. The van der Waals surface area contributed by atoms with Gasteiger partial charge >= 0.3 is 0 Å². The number of likely N-dealkylation sites (tertiary alicyclic amines) is 1. The first kappa shape index (κ1) is 54.2. The van der Waals surface area contributed by atoms with E-state index in [9.17, 15) is 29.1 Å². The molecule has 5 amide bonds. The van der Waals surface area contributed by atoms with Crippen LogP contribution < -0.4 is 26.6 Å². The summed E-state index contributed by atoms with van der Waals surface area (Å²) in [6.45, 7) is 12.1. The van der Waals surface area contributed by atoms with E-state index in [2.05, 4.69) is 45.7 Å². The number of β-amino-alcohol motifs (C(OH)–C–C–N with tert-alkyl or cyclic N) is 1. The van der Waals surface area contributed by atoms with E-state index < -0.39 is 41.0 Å². The van der Waals surface area contributed by atoms with Gasteiger partial charge in [-0.1, -0.05) is 68.8 Å². The highest BCUT2D eigenvalue weighted by Gasteiger charge is 2.45. The van der Waals surface area contributed by atoms with Crippen LogP contribution in [0.15, 0.2) is 72.6 Å². The number of aliphatic hydroxyl groups excluding tert-OH is 1. The van der Waals surface area contributed by atoms with E-state index in [4.69, 9.17) is 22.1 Å². The van der Waals surface area contributed by atoms with Gasteiger partial charge in [-0.15, -0.1) is 11.3 Å². The van der Waals surface area contributed by atoms with Crippen molar-refractivity contribution in [1.29, 1.82) is 0 Å². The van der Waals surface area contributed by atoms with Crippen LogP contribution in [0.4, 0.5) is 5.82 Å². The maximum atomic E-state index is 14.1. The van der Waals surface area contributed by atoms with Crippen molar-refractivity contribution < 1.29 is 33.8 Å². The van der Waals surface area contributed by atoms with Crippen LogP contribution in [-0.2, 0) is 35.3 Å². The lowest BCUT2D eigenvalue weighted by Gasteiger charge is -2.39. The van der Waals surface area contributed by atoms with Crippen LogP contribution in [0.1, 0.15) is 82.2 Å². The zero-order valence-corrected chi connectivity index (χ0v) is 44.2. The largest absolute Gasteiger partial charge is 0.391 e. The van der Waals surface area contributed by atoms with Crippen molar-refractivity contribution in [2.45, 2.75) is 103 Å². The van der Waals surface area contributed by atoms with Crippen LogP contribution in [0.25, 0.3) is 21.5 Å². The molecule has 2 aromatic carbocycles. The van der Waals surface area contributed by atoms with Crippen molar-refractivity contribution in [3.63, 3.8) is 0 Å². The number of amides is 5. The van der Waals surface area contributed by atoms with E-state index in [0.717, 1.165) is 44.1 Å². The summed E-state index contributed by atoms with van der Waals surface area (Å²) < 4.78 is 5.74. The molecular weight excluding hydrogens is 984 g/mol. The Morgan fingerprint density at radius 2 is 1.65 bits per heavy atom. The Hall–Kier alpha value is -6.03. The Labute approximate surface area is 441 Å². The molecule has 3 aromatic heterocycles. The fourth-order valence-corrected chi connectivity index (χ4v) is 10.8. The van der Waals surface area contributed by atoms with E-state index in [-0.39, 0.29) is 69.3 Å². The second-order valence-electron chi connectivity index (χ2n) is 20.7. The summed E-state index contributed by atoms with van der Waals surface area (Å²) in [6, 6.07) is 15.1. The summed E-state index contributed by atoms with van der Waals surface area (Å²) >= 11 is 7.81. The summed E-state index contributed by atoms with van der Waals surface area (Å²) in [5.74, 6) is -0.640. The molecule has 5 aromatic rings. The molecule has 0 spiro atoms. The quantitative estimate of drug-likeness (QED) is 0.0632. The fourth-order valence-electron chi connectivity index (χ4n) is 9.91. The Morgan fingerprint density at radius 3 is 2.34 bits per heavy atom. The van der Waals surface area contributed by atoms with E-state index in [1.165, 1.54) is 11.2 Å². The monoisotopic (exact) mass is 1050 g/mol. The zero-order valence-electron chi connectivity index (χ0n) is 42.6. The number of aromatic nitrogens is 4. The first-order valence-electron chi connectivity index (χ1n) is 25.5. The van der Waals surface area contributed by atoms with Crippen molar-refractivity contribution in [1.82, 2.24) is 50.6 Å². The first-order valence-corrected chi connectivity index (χ1v) is 26.7. The normalized spacial score (nSPS) is 19.0. The van der Waals surface area contributed by atoms with E-state index in [0.29, 0.717) is 70.1 Å². The average Bonchev–Trinajstić information content (AvgIpc) is 4.16. The molecule has 6 heterocycles. The standard InChI is InChI=1S/C53H69ClN12O7S/c1-34-45(74-33-60-34)37-7-5-35(6-8-37)30-57-49(70)42-29-39(67)31-66(42)50(71)46(52(2,3)4)62-43(68)15-27-73-28-16-44(69)64-25-23-63(24-26-64)20-14-41(36-9-11-38(54)12-10-36)61-51(72)53(55)17-21-65(22-18-53)48-40-13-19-56-47(40)58-32-59-48/h5-13,19,32-33,39,41-42,46,67H,14-18,20-31,55H2,1-4H3,(H,57,70)(H,61,72)(H,62,68)(H,56,58,59)/t39-,41+,42+,46?/m1/s1. The predicted octanol–water partition coefficient (Wildman–Crippen LogP) is 4.34. The molecule has 4 atom stereocenters. The van der Waals surface area contributed by atoms with Gasteiger partial charge in [0.15, 0.2) is 0 Å². The maximum absolute atomic E-state index is 14.1. The fraction of sp³-hybridized carbons (Fsp3) is 0.509. The van der Waals surface area contributed by atoms with Gasteiger partial charge in [0.05, 0.1) is 58.8 Å². The molecule has 396 valence electrons. The second-order valence-corrected chi connectivity index (χ2v) is 22.0. The number of H-pyrrole nitrogens is 1. The molecule has 74 heavy (non-hydrogen) atoms. The number of benzene rings is 2. The van der Waals surface area contributed by atoms with Gasteiger partial charge in [0.25, 0.3) is 0 Å². The van der Waals surface area contributed by atoms with Gasteiger partial charge in [0.2, 0.25) is 29.5 Å². The topological polar surface area (TPSA) is 244 Å². The number of piperidine rings is 1. The summed E-state index contributed by atoms with van der Waals surface area (Å²) in [4.78, 5) is 93.0. The number of aryl methyl sites for hydroxylation is 1. The Balaban J connectivity index is 0.742. The van der Waals surface area contributed by atoms with Crippen LogP contribution in [0.5, 0.6) is 0 Å². The third kappa shape index (κ3) is 13.4. The number of carbonyl (C=O) groups excluding carboxylic acids is 5. The van der Waals surface area contributed by atoms with Crippen molar-refractivity contribution in [3.8, 4) is 10.4 Å². The third-order valence-corrected chi connectivity index (χ3v) is 15.7. The molecule has 21 heteroatoms. The number of hydrogen-bond donors (Lipinski definition) is 6. The number of rotatable bonds is 19. The summed E-state index contributed by atoms with van der Waals surface area (Å²) in [5.41, 5.74) is 11.5. The summed E-state index contributed by atoms with van der Waals surface area (Å²) in [5, 5.41) is 21.2. The number of aromatic amines is 1. The lowest BCUT2D eigenvalue weighted by atomic mass is 9.85. The van der Waals surface area contributed by atoms with Crippen molar-refractivity contribution in [2.24, 2.45) is 11.1 Å². The highest BCUT2D eigenvalue weighted by Crippen LogP contribution is 2.31. The van der Waals surface area contributed by atoms with Gasteiger partial charge < -0.3 is 51.2 Å². The molecule has 8 rings (SSSR count). The van der Waals surface area contributed by atoms with Gasteiger partial charge in [-0.25, -0.2) is 15.0 Å². The lowest BCUT2D eigenvalue weighted by Crippen LogP contribution is -2.60. The Bertz CT molecular complexity index is 2730. The van der Waals surface area contributed by atoms with E-state index >= 15 is 0 Å². The molecule has 3 aliphatic heterocycles. The van der Waals surface area contributed by atoms with Crippen molar-refractivity contribution in [2.75, 3.05) is 70.5 Å². The van der Waals surface area contributed by atoms with E-state index in [1.54, 1.807) is 11.3 Å². The van der Waals surface area contributed by atoms with Crippen LogP contribution in [0.2, 0.25) is 5.02 Å². The average molecular weight is 1050 g/mol. The summed E-state index contributed by atoms with van der Waals surface area (Å²) in [6.07, 6.45) is 4.25. The number of anilines is 1. The minimum atomic E-state index is -1.05. The van der Waals surface area contributed by atoms with Crippen LogP contribution in [0, 0.1) is 12.3 Å². The number of aliphatic hydroxyl groups is 1. The maximum Gasteiger partial charge on any atom is 0.246 e. The SMILES string of the molecule is Cc1ncsc1-c1ccc(CNC(=O)[C@@H]2C[C@@H](O)CN2C(=O)C(NC(=O)CCOCCC(=O)N2CCN(CC[C@H](NC(=O)C3(N)CCN(c4ncnc5[nH]ccc45)CC3)c3ccc(Cl)cc3)CC2)C(C)(C)C)cc1. The molecule has 1 unspecified atom stereocenters. The number of ether oxygens (including phenoxy) is 1. The molecular formula is C53H69ClN12O7S. The lowest BCUT2D eigenvalue weighted by molar-refractivity contribution is -0.144. The molecule has 3 aliphatic rings. The van der Waals surface area contributed by atoms with Crippen LogP contribution in [-0.4, -0.2) is 159 Å². The molecule has 0 saturated carbocycles. The molecule has 7 N–H and O–H groups in total. The zero-order chi connectivity index (χ0) is 52.6. The number of halogens is 1. The Morgan fingerprint density at radius 1 is 0.932 bits per heavy atom. The number of nitrogens with two attached hydrogens (primary N) is 1. The predicted molar refractivity (Wildman–Crippen MR) is 284 cm³/mol. The van der Waals surface area contributed by atoms with Crippen LogP contribution in [0.3, 0.4) is 0 Å². The summed E-state index contributed by atoms with van der Waals surface area (Å²) in [7, 11) is 0. The molecule has 3 fully saturated rings. The van der Waals surface area contributed by atoms with Gasteiger partial charge in [-0.05, 0) is 66.5 Å². The molecule has 0 aliphatic carbocycles. The highest BCUT2D eigenvalue weighted by molar-refractivity contribution is 7.13. The Kier molecular flexibility index (Phi) is 17.7. The minimum Gasteiger partial charge on any atom is -0.391 e. The smallest absolute Gasteiger partial charge is 0.246 e. The number of nitrogens with one attached hydrogen (secondary N) is 4. The van der Waals surface area contributed by atoms with Gasteiger partial charge in [0, 0.05) is 83.0 Å². The van der Waals surface area contributed by atoms with Crippen molar-refractivity contribution >= 4 is 69.3 Å². The van der Waals surface area contributed by atoms with Crippen molar-refractivity contribution in [3.05, 3.63) is 94.5 Å². The molecule has 0 bridgehead atoms. The van der Waals surface area contributed by atoms with Gasteiger partial charge in [-0.2, -0.15) is 0 Å². The van der Waals surface area contributed by atoms with E-state index in [1.807, 2.05) is 98.9 Å². The number of piperazine rings is 1. The highest BCUT2D eigenvalue weighted by atomic mass is 35.5. The number of thiazole rings is 1. The minimum absolute atomic E-state index is 0.0276. The molecule has 3 saturated heterocycles. The van der Waals surface area contributed by atoms with Gasteiger partial charge in [0.1, 0.15) is 29.9 Å².